The number of carboxylic acid groups (broad SMARTS) is 1. The molecule has 0 heterocycles. The lowest BCUT2D eigenvalue weighted by molar-refractivity contribution is -0.131. The summed E-state index contributed by atoms with van der Waals surface area (Å²) in [6.07, 6.45) is 7.99. The van der Waals surface area contributed by atoms with E-state index in [2.05, 4.69) is 6.58 Å². The highest BCUT2D eigenvalue weighted by Gasteiger charge is 1.84. The van der Waals surface area contributed by atoms with E-state index < -0.39 is 5.97 Å². The average molecular weight is 139 g/mol. The van der Waals surface area contributed by atoms with Crippen LogP contribution in [0.15, 0.2) is 24.8 Å². The van der Waals surface area contributed by atoms with Gasteiger partial charge in [-0.1, -0.05) is 12.2 Å². The van der Waals surface area contributed by atoms with E-state index in [1.54, 1.807) is 12.2 Å². The Morgan fingerprint density at radius 1 is 1.50 bits per heavy atom. The Labute approximate surface area is 60.9 Å². The first kappa shape index (κ1) is 8.95. The van der Waals surface area contributed by atoms with Crippen LogP contribution in [-0.2, 0) is 4.79 Å². The molecule has 0 atom stereocenters. The van der Waals surface area contributed by atoms with Crippen LogP contribution in [0.1, 0.15) is 12.8 Å². The molecule has 1 radical (unpaired) electrons. The Morgan fingerprint density at radius 2 is 2.20 bits per heavy atom. The zero-order valence-corrected chi connectivity index (χ0v) is 5.79. The van der Waals surface area contributed by atoms with Crippen LogP contribution in [0.5, 0.6) is 0 Å². The van der Waals surface area contributed by atoms with Crippen LogP contribution in [0.2, 0.25) is 0 Å². The van der Waals surface area contributed by atoms with Crippen LogP contribution < -0.4 is 0 Å². The van der Waals surface area contributed by atoms with Gasteiger partial charge in [-0.05, 0) is 19.3 Å². The van der Waals surface area contributed by atoms with Crippen LogP contribution in [0.25, 0.3) is 0 Å². The molecule has 2 nitrogen and oxygen atoms in total. The van der Waals surface area contributed by atoms with Crippen molar-refractivity contribution >= 4 is 5.97 Å². The quantitative estimate of drug-likeness (QED) is 0.465. The smallest absolute Gasteiger partial charge is 0.327 e. The van der Waals surface area contributed by atoms with Crippen molar-refractivity contribution < 1.29 is 9.90 Å². The molecule has 0 aliphatic rings. The van der Waals surface area contributed by atoms with Crippen LogP contribution in [-0.4, -0.2) is 11.1 Å². The maximum atomic E-state index is 9.91. The molecule has 0 saturated carbocycles. The van der Waals surface area contributed by atoms with Gasteiger partial charge < -0.3 is 5.11 Å². The van der Waals surface area contributed by atoms with Crippen molar-refractivity contribution in [1.82, 2.24) is 0 Å². The van der Waals surface area contributed by atoms with E-state index in [4.69, 9.17) is 5.11 Å². The second kappa shape index (κ2) is 6.08. The van der Waals surface area contributed by atoms with Gasteiger partial charge in [0.1, 0.15) is 0 Å². The Kier molecular flexibility index (Phi) is 5.44. The third kappa shape index (κ3) is 6.95. The molecular formula is C8H11O2. The number of carbonyl (C=O) groups is 1. The van der Waals surface area contributed by atoms with Gasteiger partial charge in [0.15, 0.2) is 0 Å². The Hall–Kier alpha value is -1.05. The molecule has 0 unspecified atom stereocenters. The van der Waals surface area contributed by atoms with Crippen molar-refractivity contribution in [2.75, 3.05) is 0 Å². The van der Waals surface area contributed by atoms with Gasteiger partial charge in [0, 0.05) is 6.08 Å². The fraction of sp³-hybridized carbons (Fsp3) is 0.250. The minimum Gasteiger partial charge on any atom is -0.478 e. The number of allylic oxidation sites excluding steroid dienone is 2. The van der Waals surface area contributed by atoms with Crippen molar-refractivity contribution in [3.63, 3.8) is 0 Å². The Balaban J connectivity index is 3.18. The second-order valence-corrected chi connectivity index (χ2v) is 1.79. The minimum absolute atomic E-state index is 0.762. The maximum absolute atomic E-state index is 9.91. The van der Waals surface area contributed by atoms with E-state index in [9.17, 15) is 4.79 Å². The molecule has 0 fully saturated rings. The third-order valence-electron chi connectivity index (χ3n) is 0.927. The predicted octanol–water partition coefficient (Wildman–Crippen LogP) is 1.80. The summed E-state index contributed by atoms with van der Waals surface area (Å²) in [5.41, 5.74) is 0. The zero-order valence-electron chi connectivity index (χ0n) is 5.79. The number of aliphatic carboxylic acids is 1. The summed E-state index contributed by atoms with van der Waals surface area (Å²) in [6.45, 7) is 3.50. The van der Waals surface area contributed by atoms with Gasteiger partial charge in [-0.15, -0.1) is 6.58 Å². The van der Waals surface area contributed by atoms with Crippen LogP contribution in [0, 0.1) is 6.42 Å². The monoisotopic (exact) mass is 139 g/mol. The summed E-state index contributed by atoms with van der Waals surface area (Å²) in [6, 6.07) is 0. The van der Waals surface area contributed by atoms with Gasteiger partial charge in [-0.2, -0.15) is 0 Å². The number of hydrogen-bond donors (Lipinski definition) is 1. The van der Waals surface area contributed by atoms with E-state index in [0.717, 1.165) is 18.9 Å². The molecule has 55 valence electrons. The van der Waals surface area contributed by atoms with Gasteiger partial charge in [0.25, 0.3) is 0 Å². The van der Waals surface area contributed by atoms with Crippen molar-refractivity contribution in [2.24, 2.45) is 0 Å². The van der Waals surface area contributed by atoms with Gasteiger partial charge in [0.05, 0.1) is 0 Å². The summed E-state index contributed by atoms with van der Waals surface area (Å²) in [7, 11) is 0. The second-order valence-electron chi connectivity index (χ2n) is 1.79. The first-order valence-electron chi connectivity index (χ1n) is 3.11. The van der Waals surface area contributed by atoms with Crippen molar-refractivity contribution in [2.45, 2.75) is 12.8 Å². The molecular weight excluding hydrogens is 128 g/mol. The van der Waals surface area contributed by atoms with E-state index in [1.807, 2.05) is 6.42 Å². The molecule has 0 amide bonds. The van der Waals surface area contributed by atoms with Crippen LogP contribution in [0.3, 0.4) is 0 Å². The normalized spacial score (nSPS) is 10.0. The lowest BCUT2D eigenvalue weighted by Gasteiger charge is -1.86. The molecule has 0 spiro atoms. The van der Waals surface area contributed by atoms with Crippen LogP contribution in [0.4, 0.5) is 0 Å². The highest BCUT2D eigenvalue weighted by Crippen LogP contribution is 1.94. The summed E-state index contributed by atoms with van der Waals surface area (Å²) in [4.78, 5) is 9.91. The van der Waals surface area contributed by atoms with E-state index in [0.29, 0.717) is 0 Å². The lowest BCUT2D eigenvalue weighted by Crippen LogP contribution is -1.85. The fourth-order valence-electron chi connectivity index (χ4n) is 0.494. The first-order chi connectivity index (χ1) is 4.77. The number of hydrogen-bond acceptors (Lipinski definition) is 1. The lowest BCUT2D eigenvalue weighted by atomic mass is 10.2. The largest absolute Gasteiger partial charge is 0.478 e. The Bertz CT molecular complexity index is 136. The fourth-order valence-corrected chi connectivity index (χ4v) is 0.494. The first-order valence-corrected chi connectivity index (χ1v) is 3.11. The average Bonchev–Trinajstić information content (AvgIpc) is 1.87. The topological polar surface area (TPSA) is 37.3 Å². The van der Waals surface area contributed by atoms with Crippen molar-refractivity contribution in [1.29, 1.82) is 0 Å². The van der Waals surface area contributed by atoms with Gasteiger partial charge in [0.2, 0.25) is 0 Å². The number of carboxylic acids is 1. The van der Waals surface area contributed by atoms with Crippen LogP contribution >= 0.6 is 0 Å². The van der Waals surface area contributed by atoms with Gasteiger partial charge >= 0.3 is 5.97 Å². The highest BCUT2D eigenvalue weighted by atomic mass is 16.4. The molecule has 2 heteroatoms. The standard InChI is InChI=1S/C8H11O2/c1-2-3-4-5-6-7-8(9)10/h2-3,6-7H,1,4-5H2,(H,9,10). The summed E-state index contributed by atoms with van der Waals surface area (Å²) < 4.78 is 0. The van der Waals surface area contributed by atoms with Gasteiger partial charge in [-0.25, -0.2) is 4.79 Å². The number of rotatable bonds is 5. The Morgan fingerprint density at radius 3 is 2.70 bits per heavy atom. The highest BCUT2D eigenvalue weighted by molar-refractivity contribution is 5.79. The van der Waals surface area contributed by atoms with Crippen molar-refractivity contribution in [3.8, 4) is 0 Å². The van der Waals surface area contributed by atoms with Crippen molar-refractivity contribution in [3.05, 3.63) is 31.2 Å². The summed E-state index contributed by atoms with van der Waals surface area (Å²) in [5.74, 6) is -0.890. The molecule has 0 rings (SSSR count). The molecule has 0 saturated heterocycles. The molecule has 0 aliphatic carbocycles. The minimum atomic E-state index is -0.890. The molecule has 0 aliphatic heterocycles. The molecule has 1 N–H and O–H groups in total. The maximum Gasteiger partial charge on any atom is 0.327 e. The third-order valence-corrected chi connectivity index (χ3v) is 0.927. The summed E-state index contributed by atoms with van der Waals surface area (Å²) >= 11 is 0. The molecule has 10 heavy (non-hydrogen) atoms. The van der Waals surface area contributed by atoms with E-state index in [1.165, 1.54) is 0 Å². The summed E-state index contributed by atoms with van der Waals surface area (Å²) in [5, 5.41) is 8.15. The zero-order chi connectivity index (χ0) is 7.82. The molecule has 0 aromatic heterocycles. The molecule has 0 aromatic carbocycles. The molecule has 0 bridgehead atoms. The predicted molar refractivity (Wildman–Crippen MR) is 40.5 cm³/mol. The SMILES string of the molecule is C=C[CH]CCC=CC(=O)O. The molecule has 0 aromatic rings. The van der Waals surface area contributed by atoms with Gasteiger partial charge in [-0.3, -0.25) is 0 Å². The van der Waals surface area contributed by atoms with E-state index in [-0.39, 0.29) is 0 Å². The van der Waals surface area contributed by atoms with E-state index >= 15 is 0 Å². The number of unbranched alkanes of at least 4 members (excludes halogenated alkanes) is 2.